The molecule has 0 atom stereocenters. The lowest BCUT2D eigenvalue weighted by atomic mass is 9.97. The third-order valence-corrected chi connectivity index (χ3v) is 12.9. The van der Waals surface area contributed by atoms with Gasteiger partial charge < -0.3 is 4.90 Å². The van der Waals surface area contributed by atoms with Crippen molar-refractivity contribution in [2.75, 3.05) is 4.90 Å². The Labute approximate surface area is 315 Å². The van der Waals surface area contributed by atoms with E-state index in [2.05, 4.69) is 193 Å². The molecule has 11 rings (SSSR count). The van der Waals surface area contributed by atoms with Crippen LogP contribution in [-0.4, -0.2) is 0 Å². The Bertz CT molecular complexity index is 3160. The highest BCUT2D eigenvalue weighted by molar-refractivity contribution is 7.26. The minimum Gasteiger partial charge on any atom is -0.310 e. The zero-order valence-corrected chi connectivity index (χ0v) is 30.3. The fourth-order valence-corrected chi connectivity index (χ4v) is 10.4. The average molecular weight is 710 g/mol. The number of fused-ring (bicyclic) bond motifs is 9. The van der Waals surface area contributed by atoms with E-state index < -0.39 is 0 Å². The van der Waals surface area contributed by atoms with Crippen LogP contribution >= 0.6 is 22.7 Å². The quantitative estimate of drug-likeness (QED) is 0.172. The molecule has 1 nitrogen and oxygen atoms in total. The van der Waals surface area contributed by atoms with Gasteiger partial charge in [-0.15, -0.1) is 22.7 Å². The van der Waals surface area contributed by atoms with Gasteiger partial charge in [0.1, 0.15) is 0 Å². The normalized spacial score (nSPS) is 11.8. The summed E-state index contributed by atoms with van der Waals surface area (Å²) < 4.78 is 5.27. The SMILES string of the molecule is c1ccc2c(-c3ccc(N(c4ccc(-c5ccc6ccc7sc8ccccc8c7c6c5)cc4)c4cccc5sc6ccccc6c45)cc3)cccc2c1. The predicted molar refractivity (Wildman–Crippen MR) is 233 cm³/mol. The fourth-order valence-electron chi connectivity index (χ4n) is 8.16. The van der Waals surface area contributed by atoms with Gasteiger partial charge in [-0.05, 0) is 104 Å². The van der Waals surface area contributed by atoms with Gasteiger partial charge >= 0.3 is 0 Å². The van der Waals surface area contributed by atoms with Gasteiger partial charge in [-0.3, -0.25) is 0 Å². The van der Waals surface area contributed by atoms with Crippen LogP contribution in [0.5, 0.6) is 0 Å². The Morgan fingerprint density at radius 2 is 0.849 bits per heavy atom. The second kappa shape index (κ2) is 12.2. The fraction of sp³-hybridized carbons (Fsp3) is 0. The van der Waals surface area contributed by atoms with Crippen molar-refractivity contribution in [3.63, 3.8) is 0 Å². The predicted octanol–water partition coefficient (Wildman–Crippen LogP) is 15.5. The minimum atomic E-state index is 1.13. The van der Waals surface area contributed by atoms with Gasteiger partial charge in [0.05, 0.1) is 5.69 Å². The second-order valence-electron chi connectivity index (χ2n) is 13.7. The number of anilines is 3. The summed E-state index contributed by atoms with van der Waals surface area (Å²) >= 11 is 3.74. The van der Waals surface area contributed by atoms with E-state index in [1.807, 2.05) is 22.7 Å². The van der Waals surface area contributed by atoms with Gasteiger partial charge in [0.2, 0.25) is 0 Å². The first kappa shape index (κ1) is 30.4. The topological polar surface area (TPSA) is 3.24 Å². The van der Waals surface area contributed by atoms with Crippen LogP contribution in [0.15, 0.2) is 188 Å². The Balaban J connectivity index is 1.05. The smallest absolute Gasteiger partial charge is 0.0554 e. The molecule has 3 heteroatoms. The van der Waals surface area contributed by atoms with Crippen molar-refractivity contribution in [2.45, 2.75) is 0 Å². The standard InChI is InChI=1S/C50H31NS2/c1-2-11-39-33(9-1)10-7-14-40(39)34-23-28-38(29-24-34)51(44-15-8-18-47-50(44)42-13-4-6-17-46(42)52-47)37-26-21-32(22-27-37)36-20-19-35-25-30-48-49(43(35)31-36)41-12-3-5-16-45(41)53-48/h1-31H. The number of rotatable bonds is 5. The molecule has 0 saturated heterocycles. The van der Waals surface area contributed by atoms with Gasteiger partial charge in [0.25, 0.3) is 0 Å². The molecule has 0 bridgehead atoms. The van der Waals surface area contributed by atoms with E-state index in [0.29, 0.717) is 0 Å². The molecule has 0 unspecified atom stereocenters. The molecule has 0 saturated carbocycles. The zero-order valence-electron chi connectivity index (χ0n) is 28.7. The third-order valence-electron chi connectivity index (χ3n) is 10.7. The van der Waals surface area contributed by atoms with Gasteiger partial charge in [-0.2, -0.15) is 0 Å². The summed E-state index contributed by atoms with van der Waals surface area (Å²) in [5, 5.41) is 10.4. The number of hydrogen-bond acceptors (Lipinski definition) is 3. The lowest BCUT2D eigenvalue weighted by Crippen LogP contribution is -2.10. The van der Waals surface area contributed by atoms with Crippen LogP contribution in [0.2, 0.25) is 0 Å². The molecule has 0 aliphatic carbocycles. The molecule has 0 aliphatic rings. The number of thiophene rings is 2. The molecule has 53 heavy (non-hydrogen) atoms. The zero-order chi connectivity index (χ0) is 34.9. The van der Waals surface area contributed by atoms with E-state index in [1.165, 1.54) is 89.8 Å². The van der Waals surface area contributed by atoms with Crippen molar-refractivity contribution in [1.29, 1.82) is 0 Å². The molecule has 0 aliphatic heterocycles. The summed E-state index contributed by atoms with van der Waals surface area (Å²) in [6, 6.07) is 69.2. The summed E-state index contributed by atoms with van der Waals surface area (Å²) in [5.74, 6) is 0. The first-order valence-corrected chi connectivity index (χ1v) is 19.6. The van der Waals surface area contributed by atoms with E-state index in [-0.39, 0.29) is 0 Å². The lowest BCUT2D eigenvalue weighted by Gasteiger charge is -2.27. The molecular formula is C50H31NS2. The van der Waals surface area contributed by atoms with E-state index in [4.69, 9.17) is 0 Å². The molecule has 0 amide bonds. The van der Waals surface area contributed by atoms with Crippen molar-refractivity contribution in [2.24, 2.45) is 0 Å². The molecule has 2 heterocycles. The van der Waals surface area contributed by atoms with Gasteiger partial charge in [-0.25, -0.2) is 0 Å². The Morgan fingerprint density at radius 3 is 1.60 bits per heavy atom. The Morgan fingerprint density at radius 1 is 0.321 bits per heavy atom. The molecule has 0 N–H and O–H groups in total. The second-order valence-corrected chi connectivity index (χ2v) is 15.8. The molecule has 0 fully saturated rings. The first-order valence-electron chi connectivity index (χ1n) is 18.0. The molecule has 0 spiro atoms. The number of nitrogens with zero attached hydrogens (tertiary/aromatic N) is 1. The highest BCUT2D eigenvalue weighted by Gasteiger charge is 2.19. The van der Waals surface area contributed by atoms with Crippen LogP contribution in [0.1, 0.15) is 0 Å². The van der Waals surface area contributed by atoms with Crippen molar-refractivity contribution in [1.82, 2.24) is 0 Å². The molecule has 0 radical (unpaired) electrons. The maximum atomic E-state index is 2.43. The molecule has 11 aromatic rings. The number of hydrogen-bond donors (Lipinski definition) is 0. The van der Waals surface area contributed by atoms with Gasteiger partial charge in [0.15, 0.2) is 0 Å². The Kier molecular flexibility index (Phi) is 6.97. The maximum absolute atomic E-state index is 2.43. The van der Waals surface area contributed by atoms with Crippen LogP contribution in [0, 0.1) is 0 Å². The van der Waals surface area contributed by atoms with Crippen molar-refractivity contribution in [3.8, 4) is 22.3 Å². The van der Waals surface area contributed by atoms with E-state index >= 15 is 0 Å². The largest absolute Gasteiger partial charge is 0.310 e. The summed E-state index contributed by atoms with van der Waals surface area (Å²) in [4.78, 5) is 2.43. The van der Waals surface area contributed by atoms with Crippen molar-refractivity contribution >= 4 is 102 Å². The van der Waals surface area contributed by atoms with Crippen molar-refractivity contribution in [3.05, 3.63) is 188 Å². The average Bonchev–Trinajstić information content (AvgIpc) is 3.80. The van der Waals surface area contributed by atoms with Crippen LogP contribution < -0.4 is 4.90 Å². The summed E-state index contributed by atoms with van der Waals surface area (Å²) in [6.45, 7) is 0. The van der Waals surface area contributed by atoms with E-state index in [1.54, 1.807) is 0 Å². The maximum Gasteiger partial charge on any atom is 0.0554 e. The molecule has 2 aromatic heterocycles. The highest BCUT2D eigenvalue weighted by atomic mass is 32.1. The summed E-state index contributed by atoms with van der Waals surface area (Å²) in [5.41, 5.74) is 8.33. The summed E-state index contributed by atoms with van der Waals surface area (Å²) in [7, 11) is 0. The van der Waals surface area contributed by atoms with E-state index in [9.17, 15) is 0 Å². The van der Waals surface area contributed by atoms with Crippen LogP contribution in [0.4, 0.5) is 17.1 Å². The van der Waals surface area contributed by atoms with Crippen LogP contribution in [0.3, 0.4) is 0 Å². The Hall–Kier alpha value is -6.26. The monoisotopic (exact) mass is 709 g/mol. The molecule has 248 valence electrons. The van der Waals surface area contributed by atoms with Crippen LogP contribution in [-0.2, 0) is 0 Å². The first-order chi connectivity index (χ1) is 26.3. The van der Waals surface area contributed by atoms with Crippen molar-refractivity contribution < 1.29 is 0 Å². The molecular weight excluding hydrogens is 679 g/mol. The lowest BCUT2D eigenvalue weighted by molar-refractivity contribution is 1.30. The van der Waals surface area contributed by atoms with Gasteiger partial charge in [0, 0.05) is 51.7 Å². The summed E-state index contributed by atoms with van der Waals surface area (Å²) in [6.07, 6.45) is 0. The molecule has 9 aromatic carbocycles. The minimum absolute atomic E-state index is 1.13. The van der Waals surface area contributed by atoms with Crippen LogP contribution in [0.25, 0.3) is 84.1 Å². The third kappa shape index (κ3) is 4.97. The van der Waals surface area contributed by atoms with E-state index in [0.717, 1.165) is 11.4 Å². The number of benzene rings is 9. The van der Waals surface area contributed by atoms with Gasteiger partial charge in [-0.1, -0.05) is 127 Å². The highest BCUT2D eigenvalue weighted by Crippen LogP contribution is 2.46.